The summed E-state index contributed by atoms with van der Waals surface area (Å²) in [5, 5.41) is 11.3. The van der Waals surface area contributed by atoms with E-state index in [1.165, 1.54) is 0 Å². The number of aryl methyl sites for hydroxylation is 1. The van der Waals surface area contributed by atoms with Crippen molar-refractivity contribution in [2.75, 3.05) is 18.5 Å². The number of ether oxygens (including phenoxy) is 1. The standard InChI is InChI=1S/C16H17N5O2S/c1-10-17-8-13(15(19-10)18-7-12-3-2-5-22-12)16-20-14(21-23-16)11-4-6-24-9-11/h4,6,8-9,12H,2-3,5,7H2,1H3,(H,17,18,19)/t12-/m1/s1. The van der Waals surface area contributed by atoms with E-state index in [9.17, 15) is 0 Å². The lowest BCUT2D eigenvalue weighted by Gasteiger charge is -2.13. The Balaban J connectivity index is 1.60. The number of nitrogens with zero attached hydrogens (tertiary/aromatic N) is 4. The van der Waals surface area contributed by atoms with Gasteiger partial charge in [0.2, 0.25) is 5.82 Å². The quantitative estimate of drug-likeness (QED) is 0.761. The normalized spacial score (nSPS) is 17.3. The van der Waals surface area contributed by atoms with E-state index in [0.29, 0.717) is 35.5 Å². The highest BCUT2D eigenvalue weighted by molar-refractivity contribution is 7.08. The van der Waals surface area contributed by atoms with Crippen LogP contribution >= 0.6 is 11.3 Å². The number of hydrogen-bond acceptors (Lipinski definition) is 8. The lowest BCUT2D eigenvalue weighted by Crippen LogP contribution is -2.19. The molecule has 1 aliphatic heterocycles. The summed E-state index contributed by atoms with van der Waals surface area (Å²) < 4.78 is 11.1. The average molecular weight is 343 g/mol. The number of rotatable bonds is 5. The Hall–Kier alpha value is -2.32. The minimum absolute atomic E-state index is 0.220. The van der Waals surface area contributed by atoms with Gasteiger partial charge in [-0.05, 0) is 31.2 Å². The maximum absolute atomic E-state index is 5.65. The van der Waals surface area contributed by atoms with Gasteiger partial charge in [-0.1, -0.05) is 5.16 Å². The molecule has 0 bridgehead atoms. The molecule has 0 saturated carbocycles. The highest BCUT2D eigenvalue weighted by atomic mass is 32.1. The zero-order chi connectivity index (χ0) is 16.4. The topological polar surface area (TPSA) is 86.0 Å². The molecule has 1 aliphatic rings. The molecule has 1 atom stereocenters. The Morgan fingerprint density at radius 3 is 3.12 bits per heavy atom. The van der Waals surface area contributed by atoms with Crippen LogP contribution in [0.25, 0.3) is 22.8 Å². The summed E-state index contributed by atoms with van der Waals surface area (Å²) in [6.07, 6.45) is 4.10. The van der Waals surface area contributed by atoms with Gasteiger partial charge in [-0.25, -0.2) is 9.97 Å². The van der Waals surface area contributed by atoms with Crippen molar-refractivity contribution >= 4 is 17.2 Å². The Morgan fingerprint density at radius 1 is 1.38 bits per heavy atom. The minimum Gasteiger partial charge on any atom is -0.376 e. The van der Waals surface area contributed by atoms with Crippen molar-refractivity contribution in [1.29, 1.82) is 0 Å². The van der Waals surface area contributed by atoms with E-state index in [1.807, 2.05) is 23.8 Å². The Labute approximate surface area is 143 Å². The van der Waals surface area contributed by atoms with Crippen molar-refractivity contribution in [1.82, 2.24) is 20.1 Å². The summed E-state index contributed by atoms with van der Waals surface area (Å²) in [5.41, 5.74) is 1.64. The first-order chi connectivity index (χ1) is 11.8. The van der Waals surface area contributed by atoms with E-state index in [2.05, 4.69) is 25.4 Å². The second-order valence-corrected chi connectivity index (χ2v) is 6.41. The molecule has 0 aromatic carbocycles. The maximum atomic E-state index is 5.65. The van der Waals surface area contributed by atoms with E-state index < -0.39 is 0 Å². The molecule has 3 aromatic heterocycles. The van der Waals surface area contributed by atoms with Crippen LogP contribution < -0.4 is 5.32 Å². The summed E-state index contributed by atoms with van der Waals surface area (Å²) in [6, 6.07) is 1.96. The third-order valence-corrected chi connectivity index (χ3v) is 4.55. The van der Waals surface area contributed by atoms with Gasteiger partial charge >= 0.3 is 0 Å². The largest absolute Gasteiger partial charge is 0.376 e. The number of aromatic nitrogens is 4. The SMILES string of the molecule is Cc1ncc(-c2nc(-c3ccsc3)no2)c(NC[C@H]2CCCO2)n1. The predicted octanol–water partition coefficient (Wildman–Crippen LogP) is 3.15. The van der Waals surface area contributed by atoms with Gasteiger partial charge in [0.1, 0.15) is 17.2 Å². The third kappa shape index (κ3) is 3.15. The second kappa shape index (κ2) is 6.66. The van der Waals surface area contributed by atoms with Crippen molar-refractivity contribution in [3.63, 3.8) is 0 Å². The lowest BCUT2D eigenvalue weighted by molar-refractivity contribution is 0.120. The van der Waals surface area contributed by atoms with Crippen LogP contribution in [0.15, 0.2) is 27.5 Å². The zero-order valence-corrected chi connectivity index (χ0v) is 14.0. The van der Waals surface area contributed by atoms with Crippen molar-refractivity contribution < 1.29 is 9.26 Å². The van der Waals surface area contributed by atoms with Crippen LogP contribution in [-0.4, -0.2) is 39.4 Å². The molecule has 1 N–H and O–H groups in total. The fourth-order valence-electron chi connectivity index (χ4n) is 2.62. The molecule has 4 rings (SSSR count). The molecule has 8 heteroatoms. The van der Waals surface area contributed by atoms with Gasteiger partial charge in [0.25, 0.3) is 5.89 Å². The van der Waals surface area contributed by atoms with E-state index in [-0.39, 0.29) is 6.10 Å². The smallest absolute Gasteiger partial charge is 0.263 e. The van der Waals surface area contributed by atoms with Crippen LogP contribution in [0.4, 0.5) is 5.82 Å². The molecule has 24 heavy (non-hydrogen) atoms. The number of anilines is 1. The average Bonchev–Trinajstić information content (AvgIpc) is 3.33. The monoisotopic (exact) mass is 343 g/mol. The van der Waals surface area contributed by atoms with Gasteiger partial charge < -0.3 is 14.6 Å². The molecular weight excluding hydrogens is 326 g/mol. The summed E-state index contributed by atoms with van der Waals surface area (Å²) in [7, 11) is 0. The van der Waals surface area contributed by atoms with Crippen LogP contribution in [0.1, 0.15) is 18.7 Å². The van der Waals surface area contributed by atoms with Crippen molar-refractivity contribution in [2.45, 2.75) is 25.9 Å². The number of nitrogens with one attached hydrogen (secondary N) is 1. The van der Waals surface area contributed by atoms with Crippen LogP contribution in [0.5, 0.6) is 0 Å². The van der Waals surface area contributed by atoms with Gasteiger partial charge in [-0.15, -0.1) is 0 Å². The predicted molar refractivity (Wildman–Crippen MR) is 90.8 cm³/mol. The molecule has 1 fully saturated rings. The Morgan fingerprint density at radius 2 is 2.33 bits per heavy atom. The molecule has 0 spiro atoms. The third-order valence-electron chi connectivity index (χ3n) is 3.87. The molecule has 0 radical (unpaired) electrons. The van der Waals surface area contributed by atoms with E-state index in [4.69, 9.17) is 9.26 Å². The van der Waals surface area contributed by atoms with Gasteiger partial charge in [-0.2, -0.15) is 16.3 Å². The Bertz CT molecular complexity index is 812. The van der Waals surface area contributed by atoms with Crippen LogP contribution in [0, 0.1) is 6.92 Å². The van der Waals surface area contributed by atoms with Gasteiger partial charge in [0.05, 0.1) is 6.10 Å². The van der Waals surface area contributed by atoms with Crippen molar-refractivity contribution in [2.24, 2.45) is 0 Å². The first-order valence-corrected chi connectivity index (χ1v) is 8.79. The summed E-state index contributed by atoms with van der Waals surface area (Å²) >= 11 is 1.59. The van der Waals surface area contributed by atoms with Crippen molar-refractivity contribution in [3.8, 4) is 22.8 Å². The molecule has 0 aliphatic carbocycles. The van der Waals surface area contributed by atoms with E-state index in [0.717, 1.165) is 25.0 Å². The fourth-order valence-corrected chi connectivity index (χ4v) is 3.25. The number of hydrogen-bond donors (Lipinski definition) is 1. The van der Waals surface area contributed by atoms with Crippen molar-refractivity contribution in [3.05, 3.63) is 28.8 Å². The highest BCUT2D eigenvalue weighted by Gasteiger charge is 2.19. The first kappa shape index (κ1) is 15.2. The highest BCUT2D eigenvalue weighted by Crippen LogP contribution is 2.27. The number of thiophene rings is 1. The summed E-state index contributed by atoms with van der Waals surface area (Å²) in [6.45, 7) is 3.39. The molecule has 0 unspecified atom stereocenters. The zero-order valence-electron chi connectivity index (χ0n) is 13.2. The lowest BCUT2D eigenvalue weighted by atomic mass is 10.2. The first-order valence-electron chi connectivity index (χ1n) is 7.85. The van der Waals surface area contributed by atoms with Crippen LogP contribution in [0.2, 0.25) is 0 Å². The molecular formula is C16H17N5O2S. The summed E-state index contributed by atoms with van der Waals surface area (Å²) in [5.74, 6) is 2.35. The van der Waals surface area contributed by atoms with Crippen LogP contribution in [-0.2, 0) is 4.74 Å². The van der Waals surface area contributed by atoms with E-state index in [1.54, 1.807) is 17.5 Å². The molecule has 7 nitrogen and oxygen atoms in total. The molecule has 3 aromatic rings. The van der Waals surface area contributed by atoms with E-state index >= 15 is 0 Å². The van der Waals surface area contributed by atoms with Crippen LogP contribution in [0.3, 0.4) is 0 Å². The second-order valence-electron chi connectivity index (χ2n) is 5.63. The Kier molecular flexibility index (Phi) is 4.22. The molecule has 4 heterocycles. The molecule has 0 amide bonds. The van der Waals surface area contributed by atoms with Gasteiger partial charge in [0, 0.05) is 30.3 Å². The minimum atomic E-state index is 0.220. The molecule has 124 valence electrons. The maximum Gasteiger partial charge on any atom is 0.263 e. The molecule has 1 saturated heterocycles. The fraction of sp³-hybridized carbons (Fsp3) is 0.375. The van der Waals surface area contributed by atoms with Gasteiger partial charge in [0.15, 0.2) is 0 Å². The summed E-state index contributed by atoms with van der Waals surface area (Å²) in [4.78, 5) is 13.2. The van der Waals surface area contributed by atoms with Gasteiger partial charge in [-0.3, -0.25) is 0 Å².